The smallest absolute Gasteiger partial charge is 0.249 e. The summed E-state index contributed by atoms with van der Waals surface area (Å²) >= 11 is 6.33. The van der Waals surface area contributed by atoms with Crippen LogP contribution in [0.1, 0.15) is 21.5 Å². The maximum absolute atomic E-state index is 15.8. The maximum Gasteiger partial charge on any atom is 0.249 e. The first-order valence-corrected chi connectivity index (χ1v) is 12.8. The summed E-state index contributed by atoms with van der Waals surface area (Å²) in [6.07, 6.45) is 0.998. The van der Waals surface area contributed by atoms with Crippen LogP contribution in [0.15, 0.2) is 48.5 Å². The van der Waals surface area contributed by atoms with Gasteiger partial charge in [0.1, 0.15) is 11.6 Å². The average Bonchev–Trinajstić information content (AvgIpc) is 3.18. The third-order valence-corrected chi connectivity index (χ3v) is 6.65. The number of rotatable bonds is 7. The molecular weight excluding hydrogens is 502 g/mol. The van der Waals surface area contributed by atoms with Crippen LogP contribution in [-0.4, -0.2) is 33.1 Å². The van der Waals surface area contributed by atoms with Gasteiger partial charge in [-0.25, -0.2) is 17.2 Å². The van der Waals surface area contributed by atoms with Crippen LogP contribution in [0.3, 0.4) is 0 Å². The van der Waals surface area contributed by atoms with Gasteiger partial charge in [0.2, 0.25) is 5.91 Å². The summed E-state index contributed by atoms with van der Waals surface area (Å²) in [5.74, 6) is -4.26. The van der Waals surface area contributed by atoms with Gasteiger partial charge >= 0.3 is 0 Å². The summed E-state index contributed by atoms with van der Waals surface area (Å²) in [5, 5.41) is -0.463. The highest BCUT2D eigenvalue weighted by atomic mass is 35.5. The number of carbonyl (C=O) groups excluding carboxylic acids is 1. The molecule has 1 aliphatic rings. The first-order valence-electron chi connectivity index (χ1n) is 10.4. The lowest BCUT2D eigenvalue weighted by Crippen LogP contribution is -2.39. The van der Waals surface area contributed by atoms with Crippen molar-refractivity contribution in [1.82, 2.24) is 0 Å². The minimum absolute atomic E-state index is 0.00698. The molecule has 184 valence electrons. The predicted molar refractivity (Wildman–Crippen MR) is 127 cm³/mol. The molecule has 4 rings (SSSR count). The molecular formula is C24H21ClF2N2O5S. The Labute approximate surface area is 205 Å². The summed E-state index contributed by atoms with van der Waals surface area (Å²) in [5.41, 5.74) is 10.6. The van der Waals surface area contributed by atoms with Gasteiger partial charge in [0.05, 0.1) is 10.6 Å². The summed E-state index contributed by atoms with van der Waals surface area (Å²) in [7, 11) is -3.62. The highest BCUT2D eigenvalue weighted by Crippen LogP contribution is 2.50. The highest BCUT2D eigenvalue weighted by molar-refractivity contribution is 7.90. The Kier molecular flexibility index (Phi) is 6.48. The van der Waals surface area contributed by atoms with Gasteiger partial charge in [-0.05, 0) is 17.7 Å². The molecule has 11 heteroatoms. The van der Waals surface area contributed by atoms with E-state index < -0.39 is 55.3 Å². The largest absolute Gasteiger partial charge is 0.480 e. The zero-order valence-corrected chi connectivity index (χ0v) is 20.1. The maximum atomic E-state index is 15.8. The fourth-order valence-electron chi connectivity index (χ4n) is 4.12. The van der Waals surface area contributed by atoms with E-state index in [1.807, 2.05) is 6.07 Å². The molecule has 1 unspecified atom stereocenters. The van der Waals surface area contributed by atoms with Crippen LogP contribution in [0, 0.1) is 11.6 Å². The molecule has 0 fully saturated rings. The van der Waals surface area contributed by atoms with Gasteiger partial charge in [-0.1, -0.05) is 41.9 Å². The number of amides is 1. The van der Waals surface area contributed by atoms with E-state index in [0.29, 0.717) is 11.1 Å². The fraction of sp³-hybridized carbons (Fsp3) is 0.208. The molecule has 1 amide bonds. The summed E-state index contributed by atoms with van der Waals surface area (Å²) in [6.45, 7) is 0.00698. The molecule has 7 nitrogen and oxygen atoms in total. The van der Waals surface area contributed by atoms with Crippen molar-refractivity contribution in [2.45, 2.75) is 12.0 Å². The Balaban J connectivity index is 1.96. The lowest BCUT2D eigenvalue weighted by molar-refractivity contribution is 0.1000. The Morgan fingerprint density at radius 3 is 2.46 bits per heavy atom. The molecule has 0 aliphatic carbocycles. The Hall–Kier alpha value is -3.21. The Morgan fingerprint density at radius 2 is 1.86 bits per heavy atom. The number of primary amides is 1. The van der Waals surface area contributed by atoms with Crippen molar-refractivity contribution in [2.75, 3.05) is 18.7 Å². The molecule has 0 saturated heterocycles. The molecule has 1 heterocycles. The zero-order chi connectivity index (χ0) is 25.5. The van der Waals surface area contributed by atoms with E-state index in [4.69, 9.17) is 32.5 Å². The first kappa shape index (κ1) is 24.9. The van der Waals surface area contributed by atoms with Crippen molar-refractivity contribution in [2.24, 2.45) is 11.5 Å². The molecule has 4 N–H and O–H groups in total. The second-order valence-corrected chi connectivity index (χ2v) is 10.7. The van der Waals surface area contributed by atoms with Gasteiger partial charge in [0, 0.05) is 42.0 Å². The molecule has 1 atom stereocenters. The van der Waals surface area contributed by atoms with Crippen LogP contribution in [-0.2, 0) is 21.9 Å². The molecule has 0 bridgehead atoms. The van der Waals surface area contributed by atoms with Crippen LogP contribution in [0.5, 0.6) is 11.5 Å². The third-order valence-electron chi connectivity index (χ3n) is 5.73. The number of hydrogen-bond acceptors (Lipinski definition) is 6. The lowest BCUT2D eigenvalue weighted by atomic mass is 9.85. The Morgan fingerprint density at radius 1 is 1.17 bits per heavy atom. The van der Waals surface area contributed by atoms with Crippen LogP contribution in [0.25, 0.3) is 11.1 Å². The van der Waals surface area contributed by atoms with E-state index >= 15 is 4.39 Å². The van der Waals surface area contributed by atoms with Crippen molar-refractivity contribution >= 4 is 27.3 Å². The second kappa shape index (κ2) is 9.10. The van der Waals surface area contributed by atoms with E-state index in [9.17, 15) is 17.6 Å². The topological polar surface area (TPSA) is 122 Å². The minimum Gasteiger partial charge on any atom is -0.480 e. The molecule has 35 heavy (non-hydrogen) atoms. The number of ether oxygens (including phenoxy) is 2. The number of fused-ring (bicyclic) bond motifs is 1. The Bertz CT molecular complexity index is 1430. The predicted octanol–water partition coefficient (Wildman–Crippen LogP) is 3.55. The van der Waals surface area contributed by atoms with Crippen molar-refractivity contribution in [3.63, 3.8) is 0 Å². The molecule has 1 aliphatic heterocycles. The summed E-state index contributed by atoms with van der Waals surface area (Å²) in [4.78, 5) is 12.2. The average molecular weight is 523 g/mol. The van der Waals surface area contributed by atoms with Crippen LogP contribution >= 0.6 is 11.6 Å². The quantitative estimate of drug-likeness (QED) is 0.489. The van der Waals surface area contributed by atoms with Crippen molar-refractivity contribution in [1.29, 1.82) is 0 Å². The van der Waals surface area contributed by atoms with Gasteiger partial charge in [-0.15, -0.1) is 0 Å². The number of benzene rings is 3. The van der Waals surface area contributed by atoms with Gasteiger partial charge in [0.15, 0.2) is 32.9 Å². The number of halogens is 3. The van der Waals surface area contributed by atoms with Crippen LogP contribution in [0.4, 0.5) is 8.78 Å². The number of sulfone groups is 1. The summed E-state index contributed by atoms with van der Waals surface area (Å²) < 4.78 is 65.0. The highest BCUT2D eigenvalue weighted by Gasteiger charge is 2.43. The van der Waals surface area contributed by atoms with Gasteiger partial charge in [-0.2, -0.15) is 0 Å². The molecule has 3 aromatic rings. The molecule has 0 aromatic heterocycles. The van der Waals surface area contributed by atoms with E-state index in [0.717, 1.165) is 24.5 Å². The van der Waals surface area contributed by atoms with Crippen molar-refractivity contribution in [3.05, 3.63) is 81.9 Å². The lowest BCUT2D eigenvalue weighted by Gasteiger charge is -2.27. The van der Waals surface area contributed by atoms with Gasteiger partial charge in [0.25, 0.3) is 0 Å². The monoisotopic (exact) mass is 522 g/mol. The van der Waals surface area contributed by atoms with Crippen LogP contribution < -0.4 is 20.9 Å². The van der Waals surface area contributed by atoms with Gasteiger partial charge < -0.3 is 20.9 Å². The molecule has 3 aromatic carbocycles. The molecule has 0 radical (unpaired) electrons. The number of hydrogen-bond donors (Lipinski definition) is 2. The van der Waals surface area contributed by atoms with E-state index in [-0.39, 0.29) is 29.8 Å². The first-order chi connectivity index (χ1) is 16.5. The number of carbonyl (C=O) groups is 1. The van der Waals surface area contributed by atoms with Crippen molar-refractivity contribution < 1.29 is 31.5 Å². The van der Waals surface area contributed by atoms with Gasteiger partial charge in [-0.3, -0.25) is 4.79 Å². The second-order valence-electron chi connectivity index (χ2n) is 8.22. The summed E-state index contributed by atoms with van der Waals surface area (Å²) in [6, 6.07) is 12.3. The third kappa shape index (κ3) is 4.56. The van der Waals surface area contributed by atoms with Crippen LogP contribution in [0.2, 0.25) is 5.02 Å². The van der Waals surface area contributed by atoms with E-state index in [2.05, 4.69) is 0 Å². The van der Waals surface area contributed by atoms with E-state index in [1.165, 1.54) is 0 Å². The minimum atomic E-state index is -3.62. The fourth-order valence-corrected chi connectivity index (χ4v) is 4.73. The molecule has 0 saturated carbocycles. The van der Waals surface area contributed by atoms with E-state index in [1.54, 1.807) is 24.3 Å². The SMILES string of the molecule is CS(=O)(=O)COc1ccc(C(N)=O)c(-c2c(Cl)c(F)cc3c2CC(CN)(c2ccccc2)O3)c1F. The normalized spacial score (nSPS) is 17.1. The zero-order valence-electron chi connectivity index (χ0n) is 18.5. The van der Waals surface area contributed by atoms with Crippen molar-refractivity contribution in [3.8, 4) is 22.6 Å². The number of nitrogens with two attached hydrogens (primary N) is 2. The molecule has 0 spiro atoms. The standard InChI is InChI=1S/C24H21ClF2N2O5S/c1-35(31,32)12-33-17-8-7-14(23(29)30)20(22(17)27)19-15-10-24(11-28,13-5-3-2-4-6-13)34-18(15)9-16(26)21(19)25/h2-9H,10-12,28H2,1H3,(H2,29,30).